The largest absolute Gasteiger partial charge is 0.385 e. The van der Waals surface area contributed by atoms with Gasteiger partial charge < -0.3 is 9.64 Å². The molecule has 0 rings (SSSR count). The van der Waals surface area contributed by atoms with E-state index < -0.39 is 0 Å². The van der Waals surface area contributed by atoms with Crippen molar-refractivity contribution in [2.24, 2.45) is 0 Å². The molecule has 0 radical (unpaired) electrons. The second-order valence-electron chi connectivity index (χ2n) is 3.58. The molecular weight excluding hydrogens is 202 g/mol. The van der Waals surface area contributed by atoms with Gasteiger partial charge in [-0.3, -0.25) is 4.79 Å². The van der Waals surface area contributed by atoms with Gasteiger partial charge in [-0.2, -0.15) is 0 Å². The lowest BCUT2D eigenvalue weighted by Crippen LogP contribution is -2.26. The molecule has 0 bridgehead atoms. The molecule has 0 aromatic rings. The van der Waals surface area contributed by atoms with Crippen LogP contribution in [0.3, 0.4) is 0 Å². The molecule has 98 valence electrons. The fourth-order valence-corrected chi connectivity index (χ4v) is 1.34. The summed E-state index contributed by atoms with van der Waals surface area (Å²) in [7, 11) is 3.61. The van der Waals surface area contributed by atoms with Gasteiger partial charge in [0.15, 0.2) is 0 Å². The Balaban J connectivity index is 0. The van der Waals surface area contributed by atoms with Crippen molar-refractivity contribution in [3.63, 3.8) is 0 Å². The number of unbranched alkanes of at least 4 members (excludes halogenated alkanes) is 3. The molecule has 0 aromatic heterocycles. The van der Waals surface area contributed by atoms with Crippen LogP contribution in [0, 0.1) is 0 Å². The van der Waals surface area contributed by atoms with E-state index in [-0.39, 0.29) is 5.91 Å². The summed E-state index contributed by atoms with van der Waals surface area (Å²) in [6.45, 7) is 7.64. The third-order valence-corrected chi connectivity index (χ3v) is 2.32. The van der Waals surface area contributed by atoms with Gasteiger partial charge in [0.25, 0.3) is 0 Å². The number of hydrogen-bond acceptors (Lipinski definition) is 2. The van der Waals surface area contributed by atoms with Gasteiger partial charge in [0.05, 0.1) is 0 Å². The maximum Gasteiger partial charge on any atom is 0.222 e. The molecule has 0 aliphatic rings. The molecule has 3 heteroatoms. The van der Waals surface area contributed by atoms with Gasteiger partial charge >= 0.3 is 0 Å². The maximum absolute atomic E-state index is 11.2. The van der Waals surface area contributed by atoms with Crippen molar-refractivity contribution in [2.75, 3.05) is 27.3 Å². The topological polar surface area (TPSA) is 29.5 Å². The number of rotatable bonds is 8. The average Bonchev–Trinajstić information content (AvgIpc) is 2.34. The monoisotopic (exact) mass is 231 g/mol. The lowest BCUT2D eigenvalue weighted by atomic mass is 10.2. The van der Waals surface area contributed by atoms with E-state index in [2.05, 4.69) is 0 Å². The molecule has 0 aliphatic carbocycles. The van der Waals surface area contributed by atoms with E-state index in [9.17, 15) is 4.79 Å². The van der Waals surface area contributed by atoms with E-state index >= 15 is 0 Å². The van der Waals surface area contributed by atoms with E-state index in [1.807, 2.05) is 32.7 Å². The standard InChI is InChI=1S/C11H23NO2.C2H6/c1-4-11(13)12(2)9-7-5-6-8-10-14-3;1-2/h4-10H2,1-3H3;1-2H3. The molecule has 3 nitrogen and oxygen atoms in total. The van der Waals surface area contributed by atoms with Crippen molar-refractivity contribution in [2.45, 2.75) is 52.9 Å². The van der Waals surface area contributed by atoms with Crippen LogP contribution in [0.15, 0.2) is 0 Å². The zero-order valence-corrected chi connectivity index (χ0v) is 11.7. The summed E-state index contributed by atoms with van der Waals surface area (Å²) in [4.78, 5) is 13.0. The van der Waals surface area contributed by atoms with Gasteiger partial charge in [-0.1, -0.05) is 33.6 Å². The van der Waals surface area contributed by atoms with Crippen LogP contribution in [-0.2, 0) is 9.53 Å². The van der Waals surface area contributed by atoms with Gasteiger partial charge in [-0.05, 0) is 12.8 Å². The van der Waals surface area contributed by atoms with Gasteiger partial charge in [-0.15, -0.1) is 0 Å². The van der Waals surface area contributed by atoms with Crippen LogP contribution in [0.25, 0.3) is 0 Å². The predicted molar refractivity (Wildman–Crippen MR) is 69.6 cm³/mol. The van der Waals surface area contributed by atoms with Crippen molar-refractivity contribution in [1.82, 2.24) is 4.90 Å². The summed E-state index contributed by atoms with van der Waals surface area (Å²) in [5, 5.41) is 0. The molecular formula is C13H29NO2. The van der Waals surface area contributed by atoms with Crippen molar-refractivity contribution < 1.29 is 9.53 Å². The zero-order valence-electron chi connectivity index (χ0n) is 11.7. The molecule has 0 N–H and O–H groups in total. The minimum Gasteiger partial charge on any atom is -0.385 e. The van der Waals surface area contributed by atoms with Gasteiger partial charge in [0, 0.05) is 33.7 Å². The van der Waals surface area contributed by atoms with Crippen LogP contribution in [0.4, 0.5) is 0 Å². The Morgan fingerprint density at radius 3 is 2.19 bits per heavy atom. The summed E-state index contributed by atoms with van der Waals surface area (Å²) in [5.74, 6) is 0.238. The Hall–Kier alpha value is -0.570. The highest BCUT2D eigenvalue weighted by Gasteiger charge is 2.03. The Kier molecular flexibility index (Phi) is 16.1. The third kappa shape index (κ3) is 11.5. The number of ether oxygens (including phenoxy) is 1. The molecule has 0 heterocycles. The number of amides is 1. The molecule has 0 atom stereocenters. The van der Waals surface area contributed by atoms with Crippen LogP contribution in [0.1, 0.15) is 52.9 Å². The van der Waals surface area contributed by atoms with Crippen LogP contribution in [-0.4, -0.2) is 38.1 Å². The van der Waals surface area contributed by atoms with E-state index in [1.54, 1.807) is 7.11 Å². The molecule has 0 saturated carbocycles. The molecule has 0 fully saturated rings. The normalized spacial score (nSPS) is 9.31. The average molecular weight is 231 g/mol. The van der Waals surface area contributed by atoms with Gasteiger partial charge in [0.1, 0.15) is 0 Å². The zero-order chi connectivity index (χ0) is 12.8. The van der Waals surface area contributed by atoms with Crippen molar-refractivity contribution in [3.8, 4) is 0 Å². The van der Waals surface area contributed by atoms with Gasteiger partial charge in [-0.25, -0.2) is 0 Å². The first-order chi connectivity index (χ1) is 7.72. The molecule has 0 saturated heterocycles. The minimum atomic E-state index is 0.238. The number of carbonyl (C=O) groups excluding carboxylic acids is 1. The quantitative estimate of drug-likeness (QED) is 0.601. The Bertz CT molecular complexity index is 149. The lowest BCUT2D eigenvalue weighted by Gasteiger charge is -2.15. The molecule has 0 aromatic carbocycles. The molecule has 0 aliphatic heterocycles. The lowest BCUT2D eigenvalue weighted by molar-refractivity contribution is -0.129. The Morgan fingerprint density at radius 1 is 1.12 bits per heavy atom. The molecule has 0 spiro atoms. The smallest absolute Gasteiger partial charge is 0.222 e. The maximum atomic E-state index is 11.2. The van der Waals surface area contributed by atoms with E-state index in [1.165, 1.54) is 12.8 Å². The van der Waals surface area contributed by atoms with E-state index in [4.69, 9.17) is 4.74 Å². The predicted octanol–water partition coefficient (Wildman–Crippen LogP) is 3.09. The number of carbonyl (C=O) groups is 1. The Morgan fingerprint density at radius 2 is 1.69 bits per heavy atom. The molecule has 1 amide bonds. The van der Waals surface area contributed by atoms with E-state index in [0.717, 1.165) is 26.0 Å². The summed E-state index contributed by atoms with van der Waals surface area (Å²) in [6, 6.07) is 0. The fraction of sp³-hybridized carbons (Fsp3) is 0.923. The fourth-order valence-electron chi connectivity index (χ4n) is 1.34. The highest BCUT2D eigenvalue weighted by atomic mass is 16.5. The first kappa shape index (κ1) is 17.8. The van der Waals surface area contributed by atoms with Crippen molar-refractivity contribution in [1.29, 1.82) is 0 Å². The number of methoxy groups -OCH3 is 1. The van der Waals surface area contributed by atoms with Crippen molar-refractivity contribution in [3.05, 3.63) is 0 Å². The van der Waals surface area contributed by atoms with Crippen molar-refractivity contribution >= 4 is 5.91 Å². The number of hydrogen-bond donors (Lipinski definition) is 0. The van der Waals surface area contributed by atoms with Crippen LogP contribution in [0.2, 0.25) is 0 Å². The third-order valence-electron chi connectivity index (χ3n) is 2.32. The summed E-state index contributed by atoms with van der Waals surface area (Å²) < 4.78 is 4.96. The highest BCUT2D eigenvalue weighted by molar-refractivity contribution is 5.75. The SMILES string of the molecule is CC.CCC(=O)N(C)CCCCCCOC. The second-order valence-corrected chi connectivity index (χ2v) is 3.58. The first-order valence-corrected chi connectivity index (χ1v) is 6.45. The summed E-state index contributed by atoms with van der Waals surface area (Å²) in [5.41, 5.74) is 0. The summed E-state index contributed by atoms with van der Waals surface area (Å²) in [6.07, 6.45) is 5.22. The summed E-state index contributed by atoms with van der Waals surface area (Å²) >= 11 is 0. The highest BCUT2D eigenvalue weighted by Crippen LogP contribution is 2.01. The van der Waals surface area contributed by atoms with Crippen LogP contribution < -0.4 is 0 Å². The molecule has 16 heavy (non-hydrogen) atoms. The minimum absolute atomic E-state index is 0.238. The van der Waals surface area contributed by atoms with Crippen LogP contribution in [0.5, 0.6) is 0 Å². The first-order valence-electron chi connectivity index (χ1n) is 6.45. The molecule has 0 unspecified atom stereocenters. The number of nitrogens with zero attached hydrogens (tertiary/aromatic N) is 1. The Labute approximate surface area is 101 Å². The second kappa shape index (κ2) is 14.4. The van der Waals surface area contributed by atoms with Gasteiger partial charge in [0.2, 0.25) is 5.91 Å². The van der Waals surface area contributed by atoms with E-state index in [0.29, 0.717) is 6.42 Å². The van der Waals surface area contributed by atoms with Crippen LogP contribution >= 0.6 is 0 Å².